The lowest BCUT2D eigenvalue weighted by atomic mass is 10.3. The summed E-state index contributed by atoms with van der Waals surface area (Å²) >= 11 is 0. The van der Waals surface area contributed by atoms with E-state index >= 15 is 0 Å². The van der Waals surface area contributed by atoms with E-state index in [0.29, 0.717) is 13.2 Å². The molecule has 0 radical (unpaired) electrons. The maximum Gasteiger partial charge on any atom is 0.336 e. The first-order chi connectivity index (χ1) is 4.84. The zero-order valence-electron chi connectivity index (χ0n) is 6.33. The van der Waals surface area contributed by atoms with Crippen LogP contribution in [0.1, 0.15) is 0 Å². The van der Waals surface area contributed by atoms with Crippen molar-refractivity contribution in [3.05, 3.63) is 0 Å². The normalized spacial score (nSPS) is 23.5. The van der Waals surface area contributed by atoms with Crippen LogP contribution in [0.4, 0.5) is 0 Å². The van der Waals surface area contributed by atoms with Crippen molar-refractivity contribution in [2.75, 3.05) is 26.8 Å². The van der Waals surface area contributed by atoms with Crippen LogP contribution >= 0.6 is 12.4 Å². The van der Waals surface area contributed by atoms with Gasteiger partial charge in [-0.1, -0.05) is 0 Å². The summed E-state index contributed by atoms with van der Waals surface area (Å²) in [6.45, 7) is 1.96. The Morgan fingerprint density at radius 1 is 1.73 bits per heavy atom. The summed E-state index contributed by atoms with van der Waals surface area (Å²) in [6, 6.07) is 0. The summed E-state index contributed by atoms with van der Waals surface area (Å²) in [5.41, 5.74) is 0. The number of esters is 1. The van der Waals surface area contributed by atoms with E-state index in [2.05, 4.69) is 10.1 Å². The maximum atomic E-state index is 10.8. The van der Waals surface area contributed by atoms with E-state index in [-0.39, 0.29) is 18.4 Å². The summed E-state index contributed by atoms with van der Waals surface area (Å²) in [7, 11) is 1.36. The van der Waals surface area contributed by atoms with Gasteiger partial charge in [0.1, 0.15) is 0 Å². The standard InChI is InChI=1S/C6H11NO3.ClH/c1-9-6(8)5-4-7-2-3-10-5;/h5,7H,2-4H2,1H3;1H/t5-;/m1./s1. The summed E-state index contributed by atoms with van der Waals surface area (Å²) in [5, 5.41) is 3.02. The summed E-state index contributed by atoms with van der Waals surface area (Å²) in [5.74, 6) is -0.299. The number of methoxy groups -OCH3 is 1. The van der Waals surface area contributed by atoms with E-state index in [4.69, 9.17) is 4.74 Å². The Morgan fingerprint density at radius 2 is 2.45 bits per heavy atom. The largest absolute Gasteiger partial charge is 0.467 e. The zero-order valence-corrected chi connectivity index (χ0v) is 7.15. The van der Waals surface area contributed by atoms with E-state index < -0.39 is 6.10 Å². The fraction of sp³-hybridized carbons (Fsp3) is 0.833. The maximum absolute atomic E-state index is 10.8. The third-order valence-electron chi connectivity index (χ3n) is 1.39. The van der Waals surface area contributed by atoms with Crippen LogP contribution in [0.2, 0.25) is 0 Å². The van der Waals surface area contributed by atoms with Gasteiger partial charge < -0.3 is 14.8 Å². The monoisotopic (exact) mass is 181 g/mol. The van der Waals surface area contributed by atoms with Gasteiger partial charge >= 0.3 is 5.97 Å². The van der Waals surface area contributed by atoms with Gasteiger partial charge in [0.05, 0.1) is 13.7 Å². The molecule has 0 saturated carbocycles. The number of nitrogens with one attached hydrogen (secondary N) is 1. The van der Waals surface area contributed by atoms with Crippen LogP contribution < -0.4 is 5.32 Å². The van der Waals surface area contributed by atoms with Crippen LogP contribution in [0.3, 0.4) is 0 Å². The first-order valence-corrected chi connectivity index (χ1v) is 3.24. The van der Waals surface area contributed by atoms with Gasteiger partial charge in [-0.2, -0.15) is 0 Å². The fourth-order valence-electron chi connectivity index (χ4n) is 0.848. The second-order valence-corrected chi connectivity index (χ2v) is 2.09. The number of hydrogen-bond acceptors (Lipinski definition) is 4. The molecule has 0 amide bonds. The van der Waals surface area contributed by atoms with Crippen LogP contribution in [-0.4, -0.2) is 38.9 Å². The molecule has 0 aromatic rings. The van der Waals surface area contributed by atoms with Gasteiger partial charge in [0.25, 0.3) is 0 Å². The van der Waals surface area contributed by atoms with E-state index in [1.165, 1.54) is 7.11 Å². The minimum absolute atomic E-state index is 0. The Morgan fingerprint density at radius 3 is 2.91 bits per heavy atom. The summed E-state index contributed by atoms with van der Waals surface area (Å²) in [6.07, 6.45) is -0.404. The lowest BCUT2D eigenvalue weighted by molar-refractivity contribution is -0.155. The molecule has 1 saturated heterocycles. The topological polar surface area (TPSA) is 47.6 Å². The number of ether oxygens (including phenoxy) is 2. The van der Waals surface area contributed by atoms with Crippen molar-refractivity contribution in [1.29, 1.82) is 0 Å². The van der Waals surface area contributed by atoms with Gasteiger partial charge in [0.15, 0.2) is 6.10 Å². The number of hydrogen-bond donors (Lipinski definition) is 1. The summed E-state index contributed by atoms with van der Waals surface area (Å²) in [4.78, 5) is 10.8. The molecule has 4 nitrogen and oxygen atoms in total. The zero-order chi connectivity index (χ0) is 7.40. The molecule has 0 aromatic heterocycles. The fourth-order valence-corrected chi connectivity index (χ4v) is 0.848. The second kappa shape index (κ2) is 5.35. The molecular weight excluding hydrogens is 170 g/mol. The minimum Gasteiger partial charge on any atom is -0.467 e. The van der Waals surface area contributed by atoms with Crippen LogP contribution in [0, 0.1) is 0 Å². The number of halogens is 1. The molecule has 11 heavy (non-hydrogen) atoms. The quantitative estimate of drug-likeness (QED) is 0.558. The van der Waals surface area contributed by atoms with Crippen LogP contribution in [0.25, 0.3) is 0 Å². The highest BCUT2D eigenvalue weighted by molar-refractivity contribution is 5.85. The molecule has 1 N–H and O–H groups in total. The first kappa shape index (κ1) is 10.7. The Labute approximate surface area is 71.6 Å². The Bertz CT molecular complexity index is 125. The number of morpholine rings is 1. The first-order valence-electron chi connectivity index (χ1n) is 3.24. The van der Waals surface area contributed by atoms with Crippen LogP contribution in [0.15, 0.2) is 0 Å². The molecule has 1 fully saturated rings. The van der Waals surface area contributed by atoms with Gasteiger partial charge in [-0.25, -0.2) is 4.79 Å². The van der Waals surface area contributed by atoms with Gasteiger partial charge in [0, 0.05) is 13.1 Å². The van der Waals surface area contributed by atoms with E-state index in [1.807, 2.05) is 0 Å². The minimum atomic E-state index is -0.404. The SMILES string of the molecule is COC(=O)[C@H]1CNCCO1.Cl. The van der Waals surface area contributed by atoms with Crippen LogP contribution in [-0.2, 0) is 14.3 Å². The Balaban J connectivity index is 0.000001000. The van der Waals surface area contributed by atoms with Crippen molar-refractivity contribution >= 4 is 18.4 Å². The highest BCUT2D eigenvalue weighted by atomic mass is 35.5. The predicted molar refractivity (Wildman–Crippen MR) is 41.9 cm³/mol. The molecule has 1 rings (SSSR count). The van der Waals surface area contributed by atoms with Gasteiger partial charge in [0.2, 0.25) is 0 Å². The van der Waals surface area contributed by atoms with Gasteiger partial charge in [-0.15, -0.1) is 12.4 Å². The van der Waals surface area contributed by atoms with Crippen molar-refractivity contribution in [3.8, 4) is 0 Å². The van der Waals surface area contributed by atoms with E-state index in [0.717, 1.165) is 6.54 Å². The van der Waals surface area contributed by atoms with Crippen LogP contribution in [0.5, 0.6) is 0 Å². The average molecular weight is 182 g/mol. The third-order valence-corrected chi connectivity index (χ3v) is 1.39. The van der Waals surface area contributed by atoms with Gasteiger partial charge in [-0.05, 0) is 0 Å². The highest BCUT2D eigenvalue weighted by Crippen LogP contribution is 1.96. The molecule has 1 aliphatic rings. The molecule has 1 atom stereocenters. The van der Waals surface area contributed by atoms with Gasteiger partial charge in [-0.3, -0.25) is 0 Å². The molecule has 1 heterocycles. The predicted octanol–water partition coefficient (Wildman–Crippen LogP) is -0.430. The number of carbonyl (C=O) groups is 1. The molecule has 66 valence electrons. The van der Waals surface area contributed by atoms with Crippen molar-refractivity contribution in [2.45, 2.75) is 6.10 Å². The summed E-state index contributed by atoms with van der Waals surface area (Å²) < 4.78 is 9.58. The second-order valence-electron chi connectivity index (χ2n) is 2.09. The lowest BCUT2D eigenvalue weighted by Crippen LogP contribution is -2.43. The molecule has 0 aromatic carbocycles. The van der Waals surface area contributed by atoms with Crippen molar-refractivity contribution in [3.63, 3.8) is 0 Å². The molecule has 0 spiro atoms. The van der Waals surface area contributed by atoms with E-state index in [1.54, 1.807) is 0 Å². The Hall–Kier alpha value is -0.320. The average Bonchev–Trinajstić information content (AvgIpc) is 2.05. The molecule has 1 aliphatic heterocycles. The molecule has 0 bridgehead atoms. The highest BCUT2D eigenvalue weighted by Gasteiger charge is 2.21. The molecular formula is C6H12ClNO3. The lowest BCUT2D eigenvalue weighted by Gasteiger charge is -2.20. The molecule has 0 aliphatic carbocycles. The smallest absolute Gasteiger partial charge is 0.336 e. The molecule has 0 unspecified atom stereocenters. The van der Waals surface area contributed by atoms with E-state index in [9.17, 15) is 4.79 Å². The van der Waals surface area contributed by atoms with Crippen molar-refractivity contribution in [2.24, 2.45) is 0 Å². The molecule has 5 heteroatoms. The number of rotatable bonds is 1. The third kappa shape index (κ3) is 3.05. The van der Waals surface area contributed by atoms with Crippen molar-refractivity contribution < 1.29 is 14.3 Å². The Kier molecular flexibility index (Phi) is 5.19. The number of carbonyl (C=O) groups excluding carboxylic acids is 1. The van der Waals surface area contributed by atoms with Crippen molar-refractivity contribution in [1.82, 2.24) is 5.32 Å².